The molecule has 1 aliphatic rings. The van der Waals surface area contributed by atoms with Crippen LogP contribution >= 0.6 is 0 Å². The molecule has 22 heavy (non-hydrogen) atoms. The van der Waals surface area contributed by atoms with Crippen LogP contribution in [0, 0.1) is 0 Å². The summed E-state index contributed by atoms with van der Waals surface area (Å²) in [5.74, 6) is -0.0906. The quantitative estimate of drug-likeness (QED) is 0.923. The average molecular weight is 303 g/mol. The van der Waals surface area contributed by atoms with Gasteiger partial charge < -0.3 is 15.1 Å². The molecule has 1 N–H and O–H groups in total. The van der Waals surface area contributed by atoms with Gasteiger partial charge in [0.25, 0.3) is 0 Å². The molecule has 0 bridgehead atoms. The minimum atomic E-state index is -0.500. The lowest BCUT2D eigenvalue weighted by Gasteiger charge is -2.27. The number of likely N-dealkylation sites (tertiary alicyclic amines) is 1. The van der Waals surface area contributed by atoms with Crippen molar-refractivity contribution in [3.63, 3.8) is 0 Å². The summed E-state index contributed by atoms with van der Waals surface area (Å²) in [7, 11) is 3.39. The normalized spacial score (nSPS) is 18.9. The van der Waals surface area contributed by atoms with Crippen molar-refractivity contribution in [2.75, 3.05) is 20.6 Å². The van der Waals surface area contributed by atoms with E-state index >= 15 is 0 Å². The van der Waals surface area contributed by atoms with Crippen molar-refractivity contribution < 1.29 is 9.59 Å². The van der Waals surface area contributed by atoms with Crippen molar-refractivity contribution in [2.24, 2.45) is 0 Å². The molecule has 0 spiro atoms. The fraction of sp³-hybridized carbons (Fsp3) is 0.529. The van der Waals surface area contributed by atoms with Gasteiger partial charge in [0.15, 0.2) is 0 Å². The van der Waals surface area contributed by atoms with E-state index in [9.17, 15) is 9.59 Å². The molecule has 2 rings (SSSR count). The smallest absolute Gasteiger partial charge is 0.318 e. The molecule has 0 saturated carbocycles. The number of hydrogen-bond donors (Lipinski definition) is 1. The van der Waals surface area contributed by atoms with Gasteiger partial charge in [0.05, 0.1) is 0 Å². The van der Waals surface area contributed by atoms with Crippen LogP contribution in [0.1, 0.15) is 25.3 Å². The van der Waals surface area contributed by atoms with Gasteiger partial charge in [0, 0.05) is 26.7 Å². The molecule has 1 aromatic rings. The summed E-state index contributed by atoms with van der Waals surface area (Å²) < 4.78 is 0. The predicted molar refractivity (Wildman–Crippen MR) is 86.6 cm³/mol. The molecule has 0 radical (unpaired) electrons. The first-order valence-electron chi connectivity index (χ1n) is 7.81. The number of carbonyl (C=O) groups is 2. The Morgan fingerprint density at radius 1 is 1.32 bits per heavy atom. The van der Waals surface area contributed by atoms with Gasteiger partial charge in [0.1, 0.15) is 6.04 Å². The maximum atomic E-state index is 12.4. The fourth-order valence-corrected chi connectivity index (χ4v) is 2.92. The van der Waals surface area contributed by atoms with E-state index in [1.165, 1.54) is 10.5 Å². The second-order valence-electron chi connectivity index (χ2n) is 6.08. The van der Waals surface area contributed by atoms with Crippen LogP contribution < -0.4 is 5.32 Å². The van der Waals surface area contributed by atoms with Crippen LogP contribution in [0.4, 0.5) is 4.79 Å². The highest BCUT2D eigenvalue weighted by Gasteiger charge is 2.30. The summed E-state index contributed by atoms with van der Waals surface area (Å²) in [6.45, 7) is 2.48. The predicted octanol–water partition coefficient (Wildman–Crippen LogP) is 1.88. The van der Waals surface area contributed by atoms with Crippen molar-refractivity contribution >= 4 is 11.9 Å². The van der Waals surface area contributed by atoms with E-state index in [1.54, 1.807) is 21.0 Å². The number of nitrogens with zero attached hydrogens (tertiary/aromatic N) is 2. The van der Waals surface area contributed by atoms with Crippen LogP contribution in [-0.4, -0.2) is 54.5 Å². The summed E-state index contributed by atoms with van der Waals surface area (Å²) in [5, 5.41) is 2.81. The lowest BCUT2D eigenvalue weighted by molar-refractivity contribution is -0.130. The summed E-state index contributed by atoms with van der Waals surface area (Å²) in [6, 6.07) is 9.79. The molecule has 1 heterocycles. The second-order valence-corrected chi connectivity index (χ2v) is 6.08. The van der Waals surface area contributed by atoms with Crippen molar-refractivity contribution in [3.8, 4) is 0 Å². The van der Waals surface area contributed by atoms with Gasteiger partial charge in [-0.25, -0.2) is 4.79 Å². The number of urea groups is 1. The molecule has 1 fully saturated rings. The van der Waals surface area contributed by atoms with Gasteiger partial charge in [-0.05, 0) is 31.7 Å². The lowest BCUT2D eigenvalue weighted by atomic mass is 10.0. The molecule has 0 aliphatic carbocycles. The molecule has 0 aromatic heterocycles. The zero-order chi connectivity index (χ0) is 16.1. The van der Waals surface area contributed by atoms with Crippen LogP contribution in [0.15, 0.2) is 30.3 Å². The molecule has 5 nitrogen and oxygen atoms in total. The van der Waals surface area contributed by atoms with E-state index in [0.29, 0.717) is 0 Å². The highest BCUT2D eigenvalue weighted by atomic mass is 16.2. The third-order valence-electron chi connectivity index (χ3n) is 4.10. The topological polar surface area (TPSA) is 52.7 Å². The third kappa shape index (κ3) is 4.00. The number of carbonyl (C=O) groups excluding carboxylic acids is 2. The summed E-state index contributed by atoms with van der Waals surface area (Å²) in [5.41, 5.74) is 1.24. The molecular formula is C17H25N3O2. The monoisotopic (exact) mass is 303 g/mol. The number of likely N-dealkylation sites (N-methyl/N-ethyl adjacent to an activating group) is 1. The summed E-state index contributed by atoms with van der Waals surface area (Å²) >= 11 is 0. The Hall–Kier alpha value is -2.04. The van der Waals surface area contributed by atoms with E-state index in [2.05, 4.69) is 17.4 Å². The average Bonchev–Trinajstić information content (AvgIpc) is 2.95. The molecule has 1 aromatic carbocycles. The molecule has 5 heteroatoms. The van der Waals surface area contributed by atoms with E-state index in [0.717, 1.165) is 25.8 Å². The van der Waals surface area contributed by atoms with Gasteiger partial charge >= 0.3 is 6.03 Å². The zero-order valence-electron chi connectivity index (χ0n) is 13.6. The standard InChI is InChI=1S/C17H25N3O2/c1-13(16(21)19(2)3)18-17(22)20-11-7-10-15(20)12-14-8-5-4-6-9-14/h4-6,8-9,13,15H,7,10-12H2,1-3H3,(H,18,22). The minimum absolute atomic E-state index is 0.0906. The number of hydrogen-bond acceptors (Lipinski definition) is 2. The highest BCUT2D eigenvalue weighted by molar-refractivity contribution is 5.86. The van der Waals surface area contributed by atoms with Crippen molar-refractivity contribution in [1.29, 1.82) is 0 Å². The second kappa shape index (κ2) is 7.29. The molecule has 3 amide bonds. The number of rotatable bonds is 4. The Morgan fingerprint density at radius 3 is 2.64 bits per heavy atom. The Labute approximate surface area is 132 Å². The van der Waals surface area contributed by atoms with Crippen molar-refractivity contribution in [2.45, 2.75) is 38.3 Å². The SMILES string of the molecule is CC(NC(=O)N1CCCC1Cc1ccccc1)C(=O)N(C)C. The van der Waals surface area contributed by atoms with Crippen molar-refractivity contribution in [1.82, 2.24) is 15.1 Å². The lowest BCUT2D eigenvalue weighted by Crippen LogP contribution is -2.51. The van der Waals surface area contributed by atoms with Crippen LogP contribution in [0.2, 0.25) is 0 Å². The Bertz CT molecular complexity index is 516. The number of benzene rings is 1. The third-order valence-corrected chi connectivity index (χ3v) is 4.10. The van der Waals surface area contributed by atoms with Crippen LogP contribution in [0.5, 0.6) is 0 Å². The Morgan fingerprint density at radius 2 is 2.00 bits per heavy atom. The first kappa shape index (κ1) is 16.3. The van der Waals surface area contributed by atoms with Gasteiger partial charge in [-0.3, -0.25) is 4.79 Å². The molecule has 1 aliphatic heterocycles. The van der Waals surface area contributed by atoms with Gasteiger partial charge in [-0.1, -0.05) is 30.3 Å². The van der Waals surface area contributed by atoms with Crippen molar-refractivity contribution in [3.05, 3.63) is 35.9 Å². The number of nitrogens with one attached hydrogen (secondary N) is 1. The van der Waals surface area contributed by atoms with E-state index < -0.39 is 6.04 Å². The zero-order valence-corrected chi connectivity index (χ0v) is 13.6. The van der Waals surface area contributed by atoms with E-state index in [-0.39, 0.29) is 18.0 Å². The summed E-state index contributed by atoms with van der Waals surface area (Å²) in [6.07, 6.45) is 2.89. The highest BCUT2D eigenvalue weighted by Crippen LogP contribution is 2.21. The maximum absolute atomic E-state index is 12.4. The Balaban J connectivity index is 1.95. The first-order chi connectivity index (χ1) is 10.5. The van der Waals surface area contributed by atoms with Gasteiger partial charge in [0.2, 0.25) is 5.91 Å². The first-order valence-corrected chi connectivity index (χ1v) is 7.81. The number of amides is 3. The van der Waals surface area contributed by atoms with E-state index in [1.807, 2.05) is 23.1 Å². The minimum Gasteiger partial charge on any atom is -0.347 e. The van der Waals surface area contributed by atoms with E-state index in [4.69, 9.17) is 0 Å². The van der Waals surface area contributed by atoms with Crippen LogP contribution in [-0.2, 0) is 11.2 Å². The maximum Gasteiger partial charge on any atom is 0.318 e. The molecule has 2 unspecified atom stereocenters. The summed E-state index contributed by atoms with van der Waals surface area (Å²) in [4.78, 5) is 27.6. The molecular weight excluding hydrogens is 278 g/mol. The molecule has 2 atom stereocenters. The van der Waals surface area contributed by atoms with Crippen LogP contribution in [0.25, 0.3) is 0 Å². The fourth-order valence-electron chi connectivity index (χ4n) is 2.92. The molecule has 120 valence electrons. The largest absolute Gasteiger partial charge is 0.347 e. The molecule has 1 saturated heterocycles. The van der Waals surface area contributed by atoms with Gasteiger partial charge in [-0.15, -0.1) is 0 Å². The van der Waals surface area contributed by atoms with Crippen LogP contribution in [0.3, 0.4) is 0 Å². The Kier molecular flexibility index (Phi) is 5.41. The van der Waals surface area contributed by atoms with Gasteiger partial charge in [-0.2, -0.15) is 0 Å².